The molecule has 1 heterocycles. The van der Waals surface area contributed by atoms with Crippen molar-refractivity contribution >= 4 is 15.7 Å². The Balaban J connectivity index is 2.26. The van der Waals surface area contributed by atoms with E-state index in [9.17, 15) is 8.42 Å². The average molecular weight is 252 g/mol. The molecule has 4 nitrogen and oxygen atoms in total. The molecule has 5 heteroatoms. The molecule has 92 valence electrons. The van der Waals surface area contributed by atoms with E-state index in [0.717, 1.165) is 5.56 Å². The van der Waals surface area contributed by atoms with Crippen molar-refractivity contribution in [3.8, 4) is 0 Å². The van der Waals surface area contributed by atoms with E-state index in [1.165, 1.54) is 0 Å². The van der Waals surface area contributed by atoms with Gasteiger partial charge in [0.25, 0.3) is 0 Å². The maximum atomic E-state index is 11.5. The lowest BCUT2D eigenvalue weighted by atomic mass is 10.0. The molecule has 1 atom stereocenters. The van der Waals surface area contributed by atoms with Gasteiger partial charge in [0.1, 0.15) is 5.84 Å². The highest BCUT2D eigenvalue weighted by atomic mass is 32.2. The van der Waals surface area contributed by atoms with Gasteiger partial charge in [0.05, 0.1) is 17.0 Å². The predicted octanol–water partition coefficient (Wildman–Crippen LogP) is 0.969. The molecule has 1 aliphatic heterocycles. The second-order valence-corrected chi connectivity index (χ2v) is 6.89. The maximum Gasteiger partial charge on any atom is 0.152 e. The topological polar surface area (TPSA) is 72.5 Å². The summed E-state index contributed by atoms with van der Waals surface area (Å²) in [5.41, 5.74) is 6.16. The number of nitrogens with zero attached hydrogens (tertiary/aromatic N) is 1. The van der Waals surface area contributed by atoms with E-state index in [-0.39, 0.29) is 11.5 Å². The van der Waals surface area contributed by atoms with Gasteiger partial charge in [-0.2, -0.15) is 0 Å². The van der Waals surface area contributed by atoms with E-state index >= 15 is 0 Å². The fourth-order valence-electron chi connectivity index (χ4n) is 2.05. The third-order valence-electron chi connectivity index (χ3n) is 2.94. The molecule has 2 N–H and O–H groups in total. The first-order valence-corrected chi connectivity index (χ1v) is 7.34. The minimum absolute atomic E-state index is 0.0908. The molecule has 0 bridgehead atoms. The normalized spacial score (nSPS) is 28.2. The van der Waals surface area contributed by atoms with Gasteiger partial charge in [-0.15, -0.1) is 0 Å². The number of rotatable bonds is 2. The van der Waals surface area contributed by atoms with Gasteiger partial charge in [-0.05, 0) is 13.3 Å². The Labute approximate surface area is 101 Å². The summed E-state index contributed by atoms with van der Waals surface area (Å²) >= 11 is 0. The lowest BCUT2D eigenvalue weighted by Gasteiger charge is -2.17. The van der Waals surface area contributed by atoms with Gasteiger partial charge in [-0.1, -0.05) is 30.3 Å². The van der Waals surface area contributed by atoms with Crippen LogP contribution in [0.25, 0.3) is 0 Å². The summed E-state index contributed by atoms with van der Waals surface area (Å²) in [4.78, 5) is 4.39. The van der Waals surface area contributed by atoms with E-state index in [1.54, 1.807) is 0 Å². The van der Waals surface area contributed by atoms with E-state index < -0.39 is 15.4 Å². The van der Waals surface area contributed by atoms with Crippen LogP contribution in [0.2, 0.25) is 0 Å². The summed E-state index contributed by atoms with van der Waals surface area (Å²) in [5, 5.41) is 0. The van der Waals surface area contributed by atoms with Crippen LogP contribution in [0.4, 0.5) is 0 Å². The Bertz CT molecular complexity index is 537. The molecular formula is C12H16N2O2S. The highest BCUT2D eigenvalue weighted by Gasteiger charge is 2.38. The number of hydrogen-bond donors (Lipinski definition) is 1. The summed E-state index contributed by atoms with van der Waals surface area (Å²) in [6.45, 7) is 1.84. The highest BCUT2D eigenvalue weighted by Crippen LogP contribution is 2.27. The number of benzene rings is 1. The molecule has 1 aliphatic rings. The third-order valence-corrected chi connectivity index (χ3v) is 4.83. The molecule has 0 spiro atoms. The first-order valence-electron chi connectivity index (χ1n) is 5.51. The van der Waals surface area contributed by atoms with Gasteiger partial charge >= 0.3 is 0 Å². The van der Waals surface area contributed by atoms with Gasteiger partial charge in [0.2, 0.25) is 0 Å². The van der Waals surface area contributed by atoms with Crippen LogP contribution in [0.5, 0.6) is 0 Å². The molecule has 0 saturated carbocycles. The minimum atomic E-state index is -2.94. The van der Waals surface area contributed by atoms with E-state index in [2.05, 4.69) is 4.99 Å². The van der Waals surface area contributed by atoms with Crippen LogP contribution in [0.3, 0.4) is 0 Å². The zero-order valence-corrected chi connectivity index (χ0v) is 10.6. The molecule has 1 fully saturated rings. The summed E-state index contributed by atoms with van der Waals surface area (Å²) in [6.07, 6.45) is 0.545. The molecule has 1 aromatic rings. The predicted molar refractivity (Wildman–Crippen MR) is 68.8 cm³/mol. The van der Waals surface area contributed by atoms with Crippen molar-refractivity contribution in [2.75, 3.05) is 11.5 Å². The fourth-order valence-corrected chi connectivity index (χ4v) is 4.10. The Morgan fingerprint density at radius 1 is 1.35 bits per heavy atom. The van der Waals surface area contributed by atoms with Gasteiger partial charge < -0.3 is 5.73 Å². The van der Waals surface area contributed by atoms with Gasteiger partial charge in [0.15, 0.2) is 9.84 Å². The van der Waals surface area contributed by atoms with Crippen LogP contribution in [-0.2, 0) is 9.84 Å². The monoisotopic (exact) mass is 252 g/mol. The first kappa shape index (κ1) is 12.1. The number of amidine groups is 1. The first-order chi connectivity index (χ1) is 7.90. The van der Waals surface area contributed by atoms with E-state index in [0.29, 0.717) is 12.3 Å². The average Bonchev–Trinajstić information content (AvgIpc) is 2.54. The maximum absolute atomic E-state index is 11.5. The van der Waals surface area contributed by atoms with Crippen molar-refractivity contribution in [2.24, 2.45) is 10.7 Å². The highest BCUT2D eigenvalue weighted by molar-refractivity contribution is 7.91. The van der Waals surface area contributed by atoms with Crippen molar-refractivity contribution < 1.29 is 8.42 Å². The summed E-state index contributed by atoms with van der Waals surface area (Å²) in [6, 6.07) is 9.40. The molecule has 0 aliphatic carbocycles. The minimum Gasteiger partial charge on any atom is -0.383 e. The molecule has 0 amide bonds. The van der Waals surface area contributed by atoms with Crippen molar-refractivity contribution in [3.63, 3.8) is 0 Å². The summed E-state index contributed by atoms with van der Waals surface area (Å²) in [5.74, 6) is 0.702. The molecule has 1 saturated heterocycles. The lowest BCUT2D eigenvalue weighted by molar-refractivity contribution is 0.534. The van der Waals surface area contributed by atoms with Crippen LogP contribution < -0.4 is 5.73 Å². The number of sulfone groups is 1. The Morgan fingerprint density at radius 2 is 2.00 bits per heavy atom. The SMILES string of the molecule is CC1(N=C(N)c2ccccc2)CCS(=O)(=O)C1. The van der Waals surface area contributed by atoms with Crippen molar-refractivity contribution in [1.82, 2.24) is 0 Å². The van der Waals surface area contributed by atoms with Gasteiger partial charge in [-0.3, -0.25) is 4.99 Å². The quantitative estimate of drug-likeness (QED) is 0.629. The zero-order chi connectivity index (χ0) is 12.5. The van der Waals surface area contributed by atoms with Crippen LogP contribution in [-0.4, -0.2) is 31.3 Å². The Morgan fingerprint density at radius 3 is 2.53 bits per heavy atom. The molecule has 1 aromatic carbocycles. The largest absolute Gasteiger partial charge is 0.383 e. The summed E-state index contributed by atoms with van der Waals surface area (Å²) < 4.78 is 22.9. The van der Waals surface area contributed by atoms with Crippen LogP contribution in [0, 0.1) is 0 Å². The lowest BCUT2D eigenvalue weighted by Crippen LogP contribution is -2.28. The third kappa shape index (κ3) is 2.85. The molecular weight excluding hydrogens is 236 g/mol. The second kappa shape index (κ2) is 4.14. The Kier molecular flexibility index (Phi) is 2.95. The van der Waals surface area contributed by atoms with Crippen molar-refractivity contribution in [1.29, 1.82) is 0 Å². The van der Waals surface area contributed by atoms with E-state index in [1.807, 2.05) is 37.3 Å². The number of nitrogens with two attached hydrogens (primary N) is 1. The molecule has 0 aromatic heterocycles. The number of aliphatic imine (C=N–C) groups is 1. The number of hydrogen-bond acceptors (Lipinski definition) is 3. The molecule has 17 heavy (non-hydrogen) atoms. The van der Waals surface area contributed by atoms with Crippen molar-refractivity contribution in [3.05, 3.63) is 35.9 Å². The Hall–Kier alpha value is -1.36. The van der Waals surface area contributed by atoms with Gasteiger partial charge in [0, 0.05) is 5.56 Å². The standard InChI is InChI=1S/C12H16N2O2S/c1-12(7-8-17(15,16)9-12)14-11(13)10-5-3-2-4-6-10/h2-6H,7-9H2,1H3,(H2,13,14). The van der Waals surface area contributed by atoms with Crippen LogP contribution >= 0.6 is 0 Å². The fraction of sp³-hybridized carbons (Fsp3) is 0.417. The van der Waals surface area contributed by atoms with Crippen LogP contribution in [0.15, 0.2) is 35.3 Å². The van der Waals surface area contributed by atoms with Crippen LogP contribution in [0.1, 0.15) is 18.9 Å². The molecule has 2 rings (SSSR count). The smallest absolute Gasteiger partial charge is 0.152 e. The van der Waals surface area contributed by atoms with Crippen molar-refractivity contribution in [2.45, 2.75) is 18.9 Å². The zero-order valence-electron chi connectivity index (χ0n) is 9.76. The second-order valence-electron chi connectivity index (χ2n) is 4.70. The molecule has 1 unspecified atom stereocenters. The summed E-state index contributed by atoms with van der Waals surface area (Å²) in [7, 11) is -2.94. The molecule has 0 radical (unpaired) electrons. The van der Waals surface area contributed by atoms with E-state index in [4.69, 9.17) is 5.73 Å². The van der Waals surface area contributed by atoms with Gasteiger partial charge in [-0.25, -0.2) is 8.42 Å².